The lowest BCUT2D eigenvalue weighted by Gasteiger charge is -2.27. The number of nitrogens with zero attached hydrogens (tertiary/aromatic N) is 2. The van der Waals surface area contributed by atoms with Crippen LogP contribution in [0.2, 0.25) is 0 Å². The van der Waals surface area contributed by atoms with Gasteiger partial charge in [0.1, 0.15) is 11.5 Å². The maximum Gasteiger partial charge on any atom is 0.137 e. The third kappa shape index (κ3) is 2.85. The maximum atomic E-state index is 14.2. The van der Waals surface area contributed by atoms with Crippen molar-refractivity contribution in [3.8, 4) is 11.1 Å². The molecule has 2 N–H and O–H groups in total. The highest BCUT2D eigenvalue weighted by atomic mass is 19.1. The first-order chi connectivity index (χ1) is 11.3. The molecule has 0 radical (unpaired) electrons. The fourth-order valence-electron chi connectivity index (χ4n) is 3.17. The summed E-state index contributed by atoms with van der Waals surface area (Å²) in [6.07, 6.45) is 3.71. The Hall–Kier alpha value is -2.24. The SMILES string of the molecule is Fc1ccc(-c2c[nH]c3ncccc23)cc1CN1CCNCC1. The molecule has 1 saturated heterocycles. The Balaban J connectivity index is 1.68. The summed E-state index contributed by atoms with van der Waals surface area (Å²) in [5.41, 5.74) is 3.70. The zero-order chi connectivity index (χ0) is 15.6. The minimum Gasteiger partial charge on any atom is -0.346 e. The molecular weight excluding hydrogens is 291 g/mol. The molecule has 5 heteroatoms. The van der Waals surface area contributed by atoms with Gasteiger partial charge >= 0.3 is 0 Å². The molecule has 4 rings (SSSR count). The number of aromatic amines is 1. The highest BCUT2D eigenvalue weighted by molar-refractivity contribution is 5.93. The van der Waals surface area contributed by atoms with Gasteiger partial charge in [0.25, 0.3) is 0 Å². The average molecular weight is 310 g/mol. The van der Waals surface area contributed by atoms with E-state index in [4.69, 9.17) is 0 Å². The standard InChI is InChI=1S/C18H19FN4/c19-17-4-3-13(10-14(17)12-23-8-6-20-7-9-23)16-11-22-18-15(16)2-1-5-21-18/h1-5,10-11,20H,6-9,12H2,(H,21,22). The number of nitrogens with one attached hydrogen (secondary N) is 2. The van der Waals surface area contributed by atoms with Gasteiger partial charge in [-0.2, -0.15) is 0 Å². The molecule has 1 fully saturated rings. The van der Waals surface area contributed by atoms with Crippen LogP contribution in [0, 0.1) is 5.82 Å². The van der Waals surface area contributed by atoms with Crippen molar-refractivity contribution in [2.24, 2.45) is 0 Å². The van der Waals surface area contributed by atoms with Crippen LogP contribution in [0.5, 0.6) is 0 Å². The molecule has 0 atom stereocenters. The van der Waals surface area contributed by atoms with E-state index in [0.717, 1.165) is 53.9 Å². The molecule has 0 aliphatic carbocycles. The van der Waals surface area contributed by atoms with E-state index in [1.54, 1.807) is 12.3 Å². The van der Waals surface area contributed by atoms with Crippen LogP contribution in [0.3, 0.4) is 0 Å². The predicted octanol–water partition coefficient (Wildman–Crippen LogP) is 2.77. The largest absolute Gasteiger partial charge is 0.346 e. The van der Waals surface area contributed by atoms with Crippen molar-refractivity contribution >= 4 is 11.0 Å². The second kappa shape index (κ2) is 6.10. The molecule has 0 amide bonds. The van der Waals surface area contributed by atoms with Crippen molar-refractivity contribution in [3.05, 3.63) is 54.1 Å². The van der Waals surface area contributed by atoms with Gasteiger partial charge in [0, 0.05) is 61.6 Å². The van der Waals surface area contributed by atoms with Gasteiger partial charge in [-0.3, -0.25) is 4.90 Å². The Bertz CT molecular complexity index is 821. The number of hydrogen-bond donors (Lipinski definition) is 2. The highest BCUT2D eigenvalue weighted by Crippen LogP contribution is 2.29. The van der Waals surface area contributed by atoms with Crippen molar-refractivity contribution in [2.45, 2.75) is 6.54 Å². The minimum absolute atomic E-state index is 0.134. The van der Waals surface area contributed by atoms with E-state index < -0.39 is 0 Å². The third-order valence-electron chi connectivity index (χ3n) is 4.41. The molecule has 0 saturated carbocycles. The number of pyridine rings is 1. The Labute approximate surface area is 134 Å². The van der Waals surface area contributed by atoms with Crippen molar-refractivity contribution < 1.29 is 4.39 Å². The van der Waals surface area contributed by atoms with Crippen LogP contribution in [0.1, 0.15) is 5.56 Å². The normalized spacial score (nSPS) is 16.0. The van der Waals surface area contributed by atoms with E-state index in [1.807, 2.05) is 30.5 Å². The fourth-order valence-corrected chi connectivity index (χ4v) is 3.17. The van der Waals surface area contributed by atoms with Gasteiger partial charge < -0.3 is 10.3 Å². The summed E-state index contributed by atoms with van der Waals surface area (Å²) in [6, 6.07) is 9.33. The number of H-pyrrole nitrogens is 1. The molecule has 1 aromatic carbocycles. The number of piperazine rings is 1. The summed E-state index contributed by atoms with van der Waals surface area (Å²) in [5.74, 6) is -0.134. The monoisotopic (exact) mass is 310 g/mol. The topological polar surface area (TPSA) is 44.0 Å². The van der Waals surface area contributed by atoms with Crippen LogP contribution >= 0.6 is 0 Å². The van der Waals surface area contributed by atoms with Crippen molar-refractivity contribution in [1.29, 1.82) is 0 Å². The Morgan fingerprint density at radius 3 is 2.91 bits per heavy atom. The van der Waals surface area contributed by atoms with Crippen LogP contribution in [0.15, 0.2) is 42.7 Å². The summed E-state index contributed by atoms with van der Waals surface area (Å²) < 4.78 is 14.2. The first-order valence-electron chi connectivity index (χ1n) is 7.95. The first-order valence-corrected chi connectivity index (χ1v) is 7.95. The van der Waals surface area contributed by atoms with Gasteiger partial charge in [-0.25, -0.2) is 9.37 Å². The molecule has 118 valence electrons. The van der Waals surface area contributed by atoms with E-state index in [1.165, 1.54) is 0 Å². The van der Waals surface area contributed by atoms with Crippen LogP contribution in [0.25, 0.3) is 22.2 Å². The quantitative estimate of drug-likeness (QED) is 0.782. The number of benzene rings is 1. The number of halogens is 1. The van der Waals surface area contributed by atoms with E-state index in [2.05, 4.69) is 20.2 Å². The molecule has 4 nitrogen and oxygen atoms in total. The van der Waals surface area contributed by atoms with Crippen LogP contribution in [-0.4, -0.2) is 41.0 Å². The zero-order valence-electron chi connectivity index (χ0n) is 12.8. The molecule has 3 aromatic rings. The van der Waals surface area contributed by atoms with Crippen molar-refractivity contribution in [3.63, 3.8) is 0 Å². The molecule has 1 aliphatic heterocycles. The predicted molar refractivity (Wildman–Crippen MR) is 89.6 cm³/mol. The van der Waals surface area contributed by atoms with Gasteiger partial charge in [-0.15, -0.1) is 0 Å². The highest BCUT2D eigenvalue weighted by Gasteiger charge is 2.14. The summed E-state index contributed by atoms with van der Waals surface area (Å²) >= 11 is 0. The molecule has 0 bridgehead atoms. The lowest BCUT2D eigenvalue weighted by molar-refractivity contribution is 0.230. The molecule has 1 aliphatic rings. The second-order valence-electron chi connectivity index (χ2n) is 5.93. The Morgan fingerprint density at radius 1 is 1.17 bits per heavy atom. The lowest BCUT2D eigenvalue weighted by Crippen LogP contribution is -2.43. The zero-order valence-corrected chi connectivity index (χ0v) is 12.8. The molecular formula is C18H19FN4. The summed E-state index contributed by atoms with van der Waals surface area (Å²) in [6.45, 7) is 4.51. The lowest BCUT2D eigenvalue weighted by atomic mass is 10.0. The number of hydrogen-bond acceptors (Lipinski definition) is 3. The average Bonchev–Trinajstić information content (AvgIpc) is 3.02. The van der Waals surface area contributed by atoms with Gasteiger partial charge in [0.05, 0.1) is 0 Å². The first kappa shape index (κ1) is 14.4. The smallest absolute Gasteiger partial charge is 0.137 e. The molecule has 2 aromatic heterocycles. The van der Waals surface area contributed by atoms with E-state index in [-0.39, 0.29) is 5.82 Å². The van der Waals surface area contributed by atoms with Crippen LogP contribution < -0.4 is 5.32 Å². The summed E-state index contributed by atoms with van der Waals surface area (Å²) in [4.78, 5) is 9.78. The number of rotatable bonds is 3. The van der Waals surface area contributed by atoms with Gasteiger partial charge in [0.2, 0.25) is 0 Å². The summed E-state index contributed by atoms with van der Waals surface area (Å²) in [7, 11) is 0. The molecule has 23 heavy (non-hydrogen) atoms. The van der Waals surface area contributed by atoms with Gasteiger partial charge in [-0.1, -0.05) is 6.07 Å². The minimum atomic E-state index is -0.134. The van der Waals surface area contributed by atoms with Crippen LogP contribution in [0.4, 0.5) is 4.39 Å². The van der Waals surface area contributed by atoms with Gasteiger partial charge in [0.15, 0.2) is 0 Å². The van der Waals surface area contributed by atoms with E-state index in [0.29, 0.717) is 6.54 Å². The third-order valence-corrected chi connectivity index (χ3v) is 4.41. The molecule has 3 heterocycles. The van der Waals surface area contributed by atoms with Crippen molar-refractivity contribution in [2.75, 3.05) is 26.2 Å². The number of aromatic nitrogens is 2. The second-order valence-corrected chi connectivity index (χ2v) is 5.93. The Morgan fingerprint density at radius 2 is 2.04 bits per heavy atom. The number of fused-ring (bicyclic) bond motifs is 1. The fraction of sp³-hybridized carbons (Fsp3) is 0.278. The van der Waals surface area contributed by atoms with E-state index in [9.17, 15) is 4.39 Å². The van der Waals surface area contributed by atoms with Crippen LogP contribution in [-0.2, 0) is 6.54 Å². The van der Waals surface area contributed by atoms with E-state index >= 15 is 0 Å². The summed E-state index contributed by atoms with van der Waals surface area (Å²) in [5, 5.41) is 4.38. The van der Waals surface area contributed by atoms with Crippen molar-refractivity contribution in [1.82, 2.24) is 20.2 Å². The molecule has 0 spiro atoms. The Kier molecular flexibility index (Phi) is 3.81. The molecule has 0 unspecified atom stereocenters. The maximum absolute atomic E-state index is 14.2. The van der Waals surface area contributed by atoms with Gasteiger partial charge in [-0.05, 0) is 29.8 Å².